The molecule has 0 aliphatic carbocycles. The molecule has 0 saturated heterocycles. The van der Waals surface area contributed by atoms with Crippen molar-refractivity contribution in [1.29, 1.82) is 0 Å². The number of aromatic nitrogens is 2. The van der Waals surface area contributed by atoms with Gasteiger partial charge in [-0.3, -0.25) is 19.1 Å². The zero-order chi connectivity index (χ0) is 24.0. The van der Waals surface area contributed by atoms with E-state index in [-0.39, 0.29) is 40.4 Å². The highest BCUT2D eigenvalue weighted by atomic mass is 32.2. The molecular weight excluding hydrogens is 443 g/mol. The van der Waals surface area contributed by atoms with Gasteiger partial charge in [-0.15, -0.1) is 11.8 Å². The summed E-state index contributed by atoms with van der Waals surface area (Å²) in [5.41, 5.74) is 1.95. The fraction of sp³-hybridized carbons (Fsp3) is 0.292. The summed E-state index contributed by atoms with van der Waals surface area (Å²) in [6.07, 6.45) is 0. The predicted molar refractivity (Wildman–Crippen MR) is 129 cm³/mol. The lowest BCUT2D eigenvalue weighted by molar-refractivity contribution is -0.128. The molecular formula is C24H27FN4O3S. The van der Waals surface area contributed by atoms with E-state index in [0.29, 0.717) is 30.0 Å². The number of halogens is 1. The lowest BCUT2D eigenvalue weighted by Crippen LogP contribution is -2.32. The number of rotatable bonds is 9. The molecule has 0 fully saturated rings. The molecule has 0 saturated carbocycles. The van der Waals surface area contributed by atoms with Crippen molar-refractivity contribution in [2.45, 2.75) is 20.4 Å². The SMILES string of the molecule is CCN(Cc1cccc(F)c1)C(=O)CSCC(=O)Nc1c(C)n(C)n(-c2ccccc2)c1=O. The maximum atomic E-state index is 13.4. The molecule has 0 aliphatic heterocycles. The van der Waals surface area contributed by atoms with Crippen LogP contribution in [0.5, 0.6) is 0 Å². The Morgan fingerprint density at radius 3 is 2.48 bits per heavy atom. The third-order valence-electron chi connectivity index (χ3n) is 5.27. The zero-order valence-electron chi connectivity index (χ0n) is 18.9. The van der Waals surface area contributed by atoms with E-state index >= 15 is 0 Å². The van der Waals surface area contributed by atoms with E-state index in [1.807, 2.05) is 37.3 Å². The minimum absolute atomic E-state index is 0.0301. The van der Waals surface area contributed by atoms with E-state index in [1.165, 1.54) is 28.6 Å². The maximum Gasteiger partial charge on any atom is 0.295 e. The first-order valence-corrected chi connectivity index (χ1v) is 11.7. The molecule has 0 atom stereocenters. The van der Waals surface area contributed by atoms with Gasteiger partial charge in [0.15, 0.2) is 0 Å². The molecule has 1 aromatic heterocycles. The summed E-state index contributed by atoms with van der Waals surface area (Å²) >= 11 is 1.17. The molecule has 1 heterocycles. The van der Waals surface area contributed by atoms with Crippen molar-refractivity contribution in [2.24, 2.45) is 7.05 Å². The Labute approximate surface area is 196 Å². The Balaban J connectivity index is 1.57. The first-order valence-electron chi connectivity index (χ1n) is 10.6. The summed E-state index contributed by atoms with van der Waals surface area (Å²) < 4.78 is 16.6. The molecule has 2 amide bonds. The topological polar surface area (TPSA) is 76.3 Å². The number of para-hydroxylation sites is 1. The molecule has 2 aromatic carbocycles. The van der Waals surface area contributed by atoms with Crippen molar-refractivity contribution >= 4 is 29.3 Å². The van der Waals surface area contributed by atoms with Crippen LogP contribution in [0, 0.1) is 12.7 Å². The lowest BCUT2D eigenvalue weighted by Gasteiger charge is -2.21. The standard InChI is InChI=1S/C24H27FN4O3S/c1-4-28(14-18-9-8-10-19(25)13-18)22(31)16-33-15-21(30)26-23-17(2)27(3)29(24(23)32)20-11-6-5-7-12-20/h5-13H,4,14-16H2,1-3H3,(H,26,30). The van der Waals surface area contributed by atoms with Crippen molar-refractivity contribution < 1.29 is 14.0 Å². The zero-order valence-corrected chi connectivity index (χ0v) is 19.7. The van der Waals surface area contributed by atoms with E-state index < -0.39 is 0 Å². The maximum absolute atomic E-state index is 13.4. The normalized spacial score (nSPS) is 10.8. The molecule has 0 unspecified atom stereocenters. The van der Waals surface area contributed by atoms with Crippen LogP contribution in [0.2, 0.25) is 0 Å². The Morgan fingerprint density at radius 1 is 1.09 bits per heavy atom. The fourth-order valence-corrected chi connectivity index (χ4v) is 4.16. The number of thioether (sulfide) groups is 1. The molecule has 7 nitrogen and oxygen atoms in total. The van der Waals surface area contributed by atoms with Crippen molar-refractivity contribution in [3.05, 3.63) is 82.0 Å². The first kappa shape index (κ1) is 24.3. The summed E-state index contributed by atoms with van der Waals surface area (Å²) in [4.78, 5) is 39.5. The number of carbonyl (C=O) groups excluding carboxylic acids is 2. The average Bonchev–Trinajstić information content (AvgIpc) is 3.01. The van der Waals surface area contributed by atoms with E-state index in [1.54, 1.807) is 35.7 Å². The number of nitrogens with one attached hydrogen (secondary N) is 1. The highest BCUT2D eigenvalue weighted by Gasteiger charge is 2.19. The molecule has 0 spiro atoms. The number of benzene rings is 2. The van der Waals surface area contributed by atoms with Crippen LogP contribution in [-0.4, -0.2) is 44.1 Å². The fourth-order valence-electron chi connectivity index (χ4n) is 3.44. The van der Waals surface area contributed by atoms with Gasteiger partial charge in [-0.2, -0.15) is 0 Å². The van der Waals surface area contributed by atoms with Crippen LogP contribution in [0.25, 0.3) is 5.69 Å². The Morgan fingerprint density at radius 2 is 1.82 bits per heavy atom. The molecule has 33 heavy (non-hydrogen) atoms. The quantitative estimate of drug-likeness (QED) is 0.521. The van der Waals surface area contributed by atoms with Crippen LogP contribution in [0.1, 0.15) is 18.2 Å². The summed E-state index contributed by atoms with van der Waals surface area (Å²) in [5, 5.41) is 2.69. The molecule has 3 rings (SSSR count). The summed E-state index contributed by atoms with van der Waals surface area (Å²) in [6.45, 7) is 4.40. The molecule has 0 aliphatic rings. The van der Waals surface area contributed by atoms with Crippen LogP contribution in [0.15, 0.2) is 59.4 Å². The van der Waals surface area contributed by atoms with E-state index in [2.05, 4.69) is 5.32 Å². The van der Waals surface area contributed by atoms with Crippen molar-refractivity contribution in [3.63, 3.8) is 0 Å². The van der Waals surface area contributed by atoms with Crippen LogP contribution in [0.4, 0.5) is 10.1 Å². The minimum atomic E-state index is -0.355. The highest BCUT2D eigenvalue weighted by Crippen LogP contribution is 2.15. The van der Waals surface area contributed by atoms with Gasteiger partial charge in [-0.1, -0.05) is 30.3 Å². The Bertz CT molecular complexity index is 1190. The van der Waals surface area contributed by atoms with E-state index in [4.69, 9.17) is 0 Å². The third kappa shape index (κ3) is 5.92. The van der Waals surface area contributed by atoms with Crippen LogP contribution in [0.3, 0.4) is 0 Å². The van der Waals surface area contributed by atoms with Gasteiger partial charge in [-0.05, 0) is 43.7 Å². The van der Waals surface area contributed by atoms with E-state index in [9.17, 15) is 18.8 Å². The van der Waals surface area contributed by atoms with Gasteiger partial charge in [-0.25, -0.2) is 9.07 Å². The smallest absolute Gasteiger partial charge is 0.295 e. The molecule has 1 N–H and O–H groups in total. The van der Waals surface area contributed by atoms with Gasteiger partial charge in [0.2, 0.25) is 11.8 Å². The van der Waals surface area contributed by atoms with Crippen LogP contribution in [-0.2, 0) is 23.2 Å². The van der Waals surface area contributed by atoms with Crippen LogP contribution < -0.4 is 10.9 Å². The second-order valence-electron chi connectivity index (χ2n) is 7.52. The largest absolute Gasteiger partial charge is 0.338 e. The van der Waals surface area contributed by atoms with Gasteiger partial charge < -0.3 is 10.2 Å². The predicted octanol–water partition coefficient (Wildman–Crippen LogP) is 3.34. The minimum Gasteiger partial charge on any atom is -0.338 e. The molecule has 0 radical (unpaired) electrons. The number of amides is 2. The molecule has 174 valence electrons. The first-order chi connectivity index (χ1) is 15.8. The number of hydrogen-bond donors (Lipinski definition) is 1. The van der Waals surface area contributed by atoms with Gasteiger partial charge in [0, 0.05) is 20.1 Å². The third-order valence-corrected chi connectivity index (χ3v) is 6.19. The lowest BCUT2D eigenvalue weighted by atomic mass is 10.2. The van der Waals surface area contributed by atoms with Crippen molar-refractivity contribution in [1.82, 2.24) is 14.3 Å². The average molecular weight is 471 g/mol. The monoisotopic (exact) mass is 470 g/mol. The number of nitrogens with zero attached hydrogens (tertiary/aromatic N) is 3. The summed E-state index contributed by atoms with van der Waals surface area (Å²) in [5.74, 6) is -0.695. The number of hydrogen-bond acceptors (Lipinski definition) is 4. The molecule has 9 heteroatoms. The summed E-state index contributed by atoms with van der Waals surface area (Å²) in [6, 6.07) is 15.3. The highest BCUT2D eigenvalue weighted by molar-refractivity contribution is 8.00. The second-order valence-corrected chi connectivity index (χ2v) is 8.50. The van der Waals surface area contributed by atoms with Crippen molar-refractivity contribution in [2.75, 3.05) is 23.4 Å². The van der Waals surface area contributed by atoms with Crippen molar-refractivity contribution in [3.8, 4) is 5.69 Å². The number of carbonyl (C=O) groups is 2. The molecule has 0 bridgehead atoms. The Hall–Kier alpha value is -3.33. The van der Waals surface area contributed by atoms with Gasteiger partial charge in [0.1, 0.15) is 11.5 Å². The Kier molecular flexibility index (Phi) is 8.11. The van der Waals surface area contributed by atoms with Gasteiger partial charge in [0.25, 0.3) is 5.56 Å². The van der Waals surface area contributed by atoms with Gasteiger partial charge in [0.05, 0.1) is 22.9 Å². The van der Waals surface area contributed by atoms with Crippen LogP contribution >= 0.6 is 11.8 Å². The summed E-state index contributed by atoms with van der Waals surface area (Å²) in [7, 11) is 1.75. The van der Waals surface area contributed by atoms with Gasteiger partial charge >= 0.3 is 0 Å². The second kappa shape index (κ2) is 11.0. The van der Waals surface area contributed by atoms with E-state index in [0.717, 1.165) is 0 Å². The number of anilines is 1. The molecule has 3 aromatic rings.